The SMILES string of the molecule is O=C(CCl)C[C@@H](Cc1ccccc1)C(=O)O. The Bertz CT molecular complexity index is 362. The van der Waals surface area contributed by atoms with Crippen LogP contribution in [0.2, 0.25) is 0 Å². The van der Waals surface area contributed by atoms with E-state index in [0.717, 1.165) is 5.56 Å². The Morgan fingerprint density at radius 3 is 2.38 bits per heavy atom. The normalized spacial score (nSPS) is 12.1. The van der Waals surface area contributed by atoms with Crippen molar-refractivity contribution in [2.24, 2.45) is 5.92 Å². The van der Waals surface area contributed by atoms with E-state index in [4.69, 9.17) is 16.7 Å². The molecule has 0 spiro atoms. The van der Waals surface area contributed by atoms with Gasteiger partial charge in [0.25, 0.3) is 0 Å². The molecule has 16 heavy (non-hydrogen) atoms. The largest absolute Gasteiger partial charge is 0.481 e. The van der Waals surface area contributed by atoms with Crippen LogP contribution in [0.1, 0.15) is 12.0 Å². The van der Waals surface area contributed by atoms with E-state index in [0.29, 0.717) is 6.42 Å². The predicted molar refractivity (Wildman–Crippen MR) is 61.6 cm³/mol. The number of carboxylic acid groups (broad SMARTS) is 1. The minimum absolute atomic E-state index is 0.00622. The van der Waals surface area contributed by atoms with Gasteiger partial charge in [0, 0.05) is 6.42 Å². The van der Waals surface area contributed by atoms with Gasteiger partial charge in [-0.1, -0.05) is 30.3 Å². The van der Waals surface area contributed by atoms with Crippen molar-refractivity contribution in [2.45, 2.75) is 12.8 Å². The third kappa shape index (κ3) is 4.03. The second kappa shape index (κ2) is 6.28. The van der Waals surface area contributed by atoms with Gasteiger partial charge in [-0.3, -0.25) is 9.59 Å². The fourth-order valence-corrected chi connectivity index (χ4v) is 1.58. The number of rotatable bonds is 6. The monoisotopic (exact) mass is 240 g/mol. The molecule has 1 N–H and O–H groups in total. The van der Waals surface area contributed by atoms with Gasteiger partial charge >= 0.3 is 5.97 Å². The molecule has 0 saturated heterocycles. The molecular formula is C12H13ClO3. The number of halogens is 1. The highest BCUT2D eigenvalue weighted by Gasteiger charge is 2.20. The first kappa shape index (κ1) is 12.7. The number of carboxylic acids is 1. The number of carbonyl (C=O) groups is 2. The van der Waals surface area contributed by atoms with E-state index in [1.807, 2.05) is 30.3 Å². The first-order chi connectivity index (χ1) is 7.63. The van der Waals surface area contributed by atoms with Crippen LogP contribution < -0.4 is 0 Å². The Kier molecular flexibility index (Phi) is 4.99. The summed E-state index contributed by atoms with van der Waals surface area (Å²) in [6, 6.07) is 9.25. The van der Waals surface area contributed by atoms with Gasteiger partial charge < -0.3 is 5.11 Å². The van der Waals surface area contributed by atoms with Crippen LogP contribution in [0.3, 0.4) is 0 Å². The van der Waals surface area contributed by atoms with E-state index in [1.165, 1.54) is 0 Å². The molecule has 0 aliphatic heterocycles. The molecule has 0 bridgehead atoms. The number of ketones is 1. The minimum Gasteiger partial charge on any atom is -0.481 e. The van der Waals surface area contributed by atoms with Gasteiger partial charge in [-0.05, 0) is 12.0 Å². The maximum Gasteiger partial charge on any atom is 0.307 e. The van der Waals surface area contributed by atoms with E-state index in [2.05, 4.69) is 0 Å². The number of benzene rings is 1. The molecule has 0 aliphatic carbocycles. The van der Waals surface area contributed by atoms with Crippen molar-refractivity contribution in [1.29, 1.82) is 0 Å². The van der Waals surface area contributed by atoms with E-state index in [1.54, 1.807) is 0 Å². The number of alkyl halides is 1. The molecular weight excluding hydrogens is 228 g/mol. The average molecular weight is 241 g/mol. The van der Waals surface area contributed by atoms with Crippen molar-refractivity contribution in [3.05, 3.63) is 35.9 Å². The summed E-state index contributed by atoms with van der Waals surface area (Å²) in [5.74, 6) is -2.00. The Balaban J connectivity index is 2.65. The Labute approximate surface area is 99.0 Å². The first-order valence-corrected chi connectivity index (χ1v) is 5.51. The molecule has 0 heterocycles. The molecule has 0 radical (unpaired) electrons. The summed E-state index contributed by atoms with van der Waals surface area (Å²) in [5.41, 5.74) is 0.914. The lowest BCUT2D eigenvalue weighted by atomic mass is 9.95. The van der Waals surface area contributed by atoms with Gasteiger partial charge in [0.05, 0.1) is 11.8 Å². The number of aliphatic carboxylic acids is 1. The molecule has 1 atom stereocenters. The van der Waals surface area contributed by atoms with Gasteiger partial charge in [0.15, 0.2) is 0 Å². The van der Waals surface area contributed by atoms with Crippen molar-refractivity contribution in [1.82, 2.24) is 0 Å². The lowest BCUT2D eigenvalue weighted by Gasteiger charge is -2.10. The molecule has 4 heteroatoms. The summed E-state index contributed by atoms with van der Waals surface area (Å²) < 4.78 is 0. The molecule has 0 aliphatic rings. The van der Waals surface area contributed by atoms with Gasteiger partial charge in [-0.15, -0.1) is 11.6 Å². The van der Waals surface area contributed by atoms with E-state index in [9.17, 15) is 9.59 Å². The Hall–Kier alpha value is -1.35. The zero-order chi connectivity index (χ0) is 12.0. The van der Waals surface area contributed by atoms with Gasteiger partial charge in [0.2, 0.25) is 0 Å². The van der Waals surface area contributed by atoms with Crippen molar-refractivity contribution in [3.8, 4) is 0 Å². The number of hydrogen-bond donors (Lipinski definition) is 1. The van der Waals surface area contributed by atoms with E-state index in [-0.39, 0.29) is 18.1 Å². The summed E-state index contributed by atoms with van der Waals surface area (Å²) in [6.45, 7) is 0. The molecule has 0 saturated carbocycles. The number of carbonyl (C=O) groups excluding carboxylic acids is 1. The number of hydrogen-bond acceptors (Lipinski definition) is 2. The quantitative estimate of drug-likeness (QED) is 0.775. The van der Waals surface area contributed by atoms with Crippen LogP contribution in [-0.2, 0) is 16.0 Å². The van der Waals surface area contributed by atoms with Crippen molar-refractivity contribution in [2.75, 3.05) is 5.88 Å². The van der Waals surface area contributed by atoms with Crippen LogP contribution in [0.25, 0.3) is 0 Å². The minimum atomic E-state index is -0.956. The van der Waals surface area contributed by atoms with Crippen LogP contribution >= 0.6 is 11.6 Å². The molecule has 0 aromatic heterocycles. The summed E-state index contributed by atoms with van der Waals surface area (Å²) in [4.78, 5) is 22.1. The maximum absolute atomic E-state index is 11.1. The Morgan fingerprint density at radius 1 is 1.25 bits per heavy atom. The van der Waals surface area contributed by atoms with Crippen LogP contribution in [-0.4, -0.2) is 22.7 Å². The molecule has 86 valence electrons. The maximum atomic E-state index is 11.1. The zero-order valence-electron chi connectivity index (χ0n) is 8.73. The highest BCUT2D eigenvalue weighted by Crippen LogP contribution is 2.13. The molecule has 1 rings (SSSR count). The highest BCUT2D eigenvalue weighted by molar-refractivity contribution is 6.27. The third-order valence-electron chi connectivity index (χ3n) is 2.30. The zero-order valence-corrected chi connectivity index (χ0v) is 9.48. The lowest BCUT2D eigenvalue weighted by Crippen LogP contribution is -2.20. The van der Waals surface area contributed by atoms with Gasteiger partial charge in [-0.25, -0.2) is 0 Å². The highest BCUT2D eigenvalue weighted by atomic mass is 35.5. The van der Waals surface area contributed by atoms with Crippen LogP contribution in [0.4, 0.5) is 0 Å². The summed E-state index contributed by atoms with van der Waals surface area (Å²) in [7, 11) is 0. The Morgan fingerprint density at radius 2 is 1.88 bits per heavy atom. The molecule has 1 aromatic carbocycles. The van der Waals surface area contributed by atoms with E-state index < -0.39 is 11.9 Å². The van der Waals surface area contributed by atoms with Gasteiger partial charge in [-0.2, -0.15) is 0 Å². The fraction of sp³-hybridized carbons (Fsp3) is 0.333. The topological polar surface area (TPSA) is 54.4 Å². The molecule has 1 aromatic rings. The average Bonchev–Trinajstić information content (AvgIpc) is 2.29. The summed E-state index contributed by atoms with van der Waals surface area (Å²) >= 11 is 5.36. The van der Waals surface area contributed by atoms with Crippen molar-refractivity contribution >= 4 is 23.4 Å². The van der Waals surface area contributed by atoms with Gasteiger partial charge in [0.1, 0.15) is 5.78 Å². The first-order valence-electron chi connectivity index (χ1n) is 4.98. The molecule has 0 amide bonds. The van der Waals surface area contributed by atoms with Crippen molar-refractivity contribution < 1.29 is 14.7 Å². The molecule has 0 fully saturated rings. The summed E-state index contributed by atoms with van der Waals surface area (Å²) in [6.07, 6.45) is 0.354. The van der Waals surface area contributed by atoms with Crippen molar-refractivity contribution in [3.63, 3.8) is 0 Å². The predicted octanol–water partition coefficient (Wildman–Crippen LogP) is 2.13. The van der Waals surface area contributed by atoms with Crippen LogP contribution in [0.5, 0.6) is 0 Å². The van der Waals surface area contributed by atoms with Crippen LogP contribution in [0, 0.1) is 5.92 Å². The third-order valence-corrected chi connectivity index (χ3v) is 2.60. The standard InChI is InChI=1S/C12H13ClO3/c13-8-11(14)7-10(12(15)16)6-9-4-2-1-3-5-9/h1-5,10H,6-8H2,(H,15,16)/t10-/m1/s1. The van der Waals surface area contributed by atoms with Crippen LogP contribution in [0.15, 0.2) is 30.3 Å². The van der Waals surface area contributed by atoms with E-state index >= 15 is 0 Å². The fourth-order valence-electron chi connectivity index (χ4n) is 1.47. The molecule has 3 nitrogen and oxygen atoms in total. The second-order valence-electron chi connectivity index (χ2n) is 3.60. The lowest BCUT2D eigenvalue weighted by molar-refractivity contribution is -0.143. The summed E-state index contributed by atoms with van der Waals surface area (Å²) in [5, 5.41) is 8.98. The number of Topliss-reactive ketones (excluding diaryl/α,β-unsaturated/α-hetero) is 1. The smallest absolute Gasteiger partial charge is 0.307 e. The molecule has 0 unspecified atom stereocenters. The second-order valence-corrected chi connectivity index (χ2v) is 3.87.